The standard InChI is InChI=1S/C22H25N7O.H2/c1-13(2)29-14(3)25-20-18(29)6-15(9-23-20)17-4-5-28-19(17)10-24-21(27-28)26-16-7-22(8-16)11-30-12-22;/h4-6,9-10,13,16H,7-8,11-12H2,1-3H3,(H,26,27);1H. The molecule has 1 N–H and O–H groups in total. The third kappa shape index (κ3) is 2.63. The lowest BCUT2D eigenvalue weighted by Gasteiger charge is -2.53. The van der Waals surface area contributed by atoms with Crippen molar-refractivity contribution in [3.63, 3.8) is 0 Å². The van der Waals surface area contributed by atoms with Crippen molar-refractivity contribution in [3.8, 4) is 11.1 Å². The number of hydrogen-bond donors (Lipinski definition) is 1. The first-order valence-electron chi connectivity index (χ1n) is 10.5. The van der Waals surface area contributed by atoms with Crippen LogP contribution < -0.4 is 5.32 Å². The number of nitrogens with zero attached hydrogens (tertiary/aromatic N) is 6. The molecule has 1 spiro atoms. The summed E-state index contributed by atoms with van der Waals surface area (Å²) in [6, 6.07) is 5.00. The van der Waals surface area contributed by atoms with E-state index >= 15 is 0 Å². The molecule has 156 valence electrons. The van der Waals surface area contributed by atoms with Gasteiger partial charge in [-0.15, -0.1) is 5.10 Å². The minimum absolute atomic E-state index is 0. The van der Waals surface area contributed by atoms with Crippen molar-refractivity contribution in [3.05, 3.63) is 36.5 Å². The van der Waals surface area contributed by atoms with Gasteiger partial charge in [0.15, 0.2) is 5.65 Å². The van der Waals surface area contributed by atoms with Gasteiger partial charge in [0.05, 0.1) is 30.4 Å². The summed E-state index contributed by atoms with van der Waals surface area (Å²) >= 11 is 0. The fraction of sp³-hybridized carbons (Fsp3) is 0.455. The fourth-order valence-electron chi connectivity index (χ4n) is 5.00. The molecule has 0 bridgehead atoms. The normalized spacial score (nSPS) is 18.3. The predicted molar refractivity (Wildman–Crippen MR) is 117 cm³/mol. The van der Waals surface area contributed by atoms with Crippen LogP contribution in [0.15, 0.2) is 30.7 Å². The maximum Gasteiger partial charge on any atom is 0.241 e. The molecule has 1 saturated heterocycles. The highest BCUT2D eigenvalue weighted by Gasteiger charge is 2.49. The highest BCUT2D eigenvalue weighted by atomic mass is 16.5. The van der Waals surface area contributed by atoms with Crippen molar-refractivity contribution in [2.45, 2.75) is 45.7 Å². The second-order valence-electron chi connectivity index (χ2n) is 9.07. The maximum absolute atomic E-state index is 5.36. The lowest BCUT2D eigenvalue weighted by molar-refractivity contribution is -0.160. The van der Waals surface area contributed by atoms with E-state index in [0.29, 0.717) is 23.4 Å². The monoisotopic (exact) mass is 405 g/mol. The molecule has 30 heavy (non-hydrogen) atoms. The van der Waals surface area contributed by atoms with E-state index in [0.717, 1.165) is 59.7 Å². The van der Waals surface area contributed by atoms with Gasteiger partial charge in [0.2, 0.25) is 5.95 Å². The molecule has 1 aliphatic carbocycles. The van der Waals surface area contributed by atoms with E-state index in [2.05, 4.69) is 55.9 Å². The van der Waals surface area contributed by atoms with Crippen LogP contribution in [-0.4, -0.2) is 48.4 Å². The van der Waals surface area contributed by atoms with Gasteiger partial charge < -0.3 is 14.6 Å². The summed E-state index contributed by atoms with van der Waals surface area (Å²) < 4.78 is 9.47. The van der Waals surface area contributed by atoms with E-state index in [1.54, 1.807) is 0 Å². The Morgan fingerprint density at radius 1 is 1.20 bits per heavy atom. The molecule has 0 radical (unpaired) electrons. The van der Waals surface area contributed by atoms with Crippen molar-refractivity contribution in [2.24, 2.45) is 5.41 Å². The Hall–Kier alpha value is -3.00. The summed E-state index contributed by atoms with van der Waals surface area (Å²) in [6.45, 7) is 8.16. The van der Waals surface area contributed by atoms with E-state index in [1.165, 1.54) is 0 Å². The molecule has 0 aromatic carbocycles. The lowest BCUT2D eigenvalue weighted by Crippen LogP contribution is -2.56. The van der Waals surface area contributed by atoms with Crippen LogP contribution in [-0.2, 0) is 4.74 Å². The van der Waals surface area contributed by atoms with Crippen LogP contribution in [0.4, 0.5) is 5.95 Å². The van der Waals surface area contributed by atoms with Gasteiger partial charge in [0, 0.05) is 42.4 Å². The zero-order chi connectivity index (χ0) is 20.5. The van der Waals surface area contributed by atoms with Crippen molar-refractivity contribution in [1.82, 2.24) is 29.1 Å². The zero-order valence-corrected chi connectivity index (χ0v) is 17.5. The Balaban J connectivity index is 0.00000204. The SMILES string of the molecule is Cc1nc2ncc(-c3ccn4nc(NC5CC6(COC6)C5)ncc34)cc2n1C(C)C.[HH]. The Labute approximate surface area is 175 Å². The van der Waals surface area contributed by atoms with E-state index in [-0.39, 0.29) is 1.43 Å². The molecule has 2 fully saturated rings. The first-order valence-corrected chi connectivity index (χ1v) is 10.5. The molecule has 2 aliphatic rings. The molecular formula is C22H27N7O. The lowest BCUT2D eigenvalue weighted by atomic mass is 9.64. The molecule has 0 unspecified atom stereocenters. The molecule has 4 aromatic heterocycles. The van der Waals surface area contributed by atoms with Gasteiger partial charge in [-0.25, -0.2) is 19.5 Å². The number of pyridine rings is 1. The molecule has 6 rings (SSSR count). The van der Waals surface area contributed by atoms with Gasteiger partial charge in [-0.3, -0.25) is 0 Å². The zero-order valence-electron chi connectivity index (χ0n) is 17.5. The van der Waals surface area contributed by atoms with Crippen molar-refractivity contribution >= 4 is 22.6 Å². The molecular weight excluding hydrogens is 378 g/mol. The topological polar surface area (TPSA) is 82.2 Å². The van der Waals surface area contributed by atoms with Gasteiger partial charge in [-0.1, -0.05) is 0 Å². The largest absolute Gasteiger partial charge is 0.380 e. The highest BCUT2D eigenvalue weighted by Crippen LogP contribution is 2.47. The quantitative estimate of drug-likeness (QED) is 0.555. The van der Waals surface area contributed by atoms with Gasteiger partial charge in [0.25, 0.3) is 0 Å². The van der Waals surface area contributed by atoms with Crippen LogP contribution in [0, 0.1) is 12.3 Å². The van der Waals surface area contributed by atoms with Gasteiger partial charge in [0.1, 0.15) is 5.82 Å². The average molecular weight is 406 g/mol. The van der Waals surface area contributed by atoms with E-state index < -0.39 is 0 Å². The Kier molecular flexibility index (Phi) is 3.71. The van der Waals surface area contributed by atoms with Crippen molar-refractivity contribution in [2.75, 3.05) is 18.5 Å². The van der Waals surface area contributed by atoms with E-state index in [4.69, 9.17) is 4.74 Å². The van der Waals surface area contributed by atoms with Crippen LogP contribution in [0.3, 0.4) is 0 Å². The summed E-state index contributed by atoms with van der Waals surface area (Å²) in [5, 5.41) is 8.14. The Bertz CT molecular complexity index is 1270. The van der Waals surface area contributed by atoms with E-state index in [1.807, 2.05) is 30.0 Å². The molecule has 1 aliphatic heterocycles. The number of imidazole rings is 1. The number of fused-ring (bicyclic) bond motifs is 2. The number of aromatic nitrogens is 6. The molecule has 5 heterocycles. The molecule has 4 aromatic rings. The molecule has 8 heteroatoms. The first-order chi connectivity index (χ1) is 14.5. The van der Waals surface area contributed by atoms with Crippen LogP contribution in [0.25, 0.3) is 27.8 Å². The summed E-state index contributed by atoms with van der Waals surface area (Å²) in [5.74, 6) is 1.66. The Morgan fingerprint density at radius 2 is 2.03 bits per heavy atom. The average Bonchev–Trinajstić information content (AvgIpc) is 3.21. The van der Waals surface area contributed by atoms with Crippen molar-refractivity contribution in [1.29, 1.82) is 0 Å². The number of anilines is 1. The third-order valence-electron chi connectivity index (χ3n) is 6.48. The summed E-state index contributed by atoms with van der Waals surface area (Å²) in [6.07, 6.45) is 8.03. The van der Waals surface area contributed by atoms with Gasteiger partial charge in [-0.2, -0.15) is 0 Å². The minimum Gasteiger partial charge on any atom is -0.380 e. The molecule has 0 atom stereocenters. The van der Waals surface area contributed by atoms with Gasteiger partial charge >= 0.3 is 0 Å². The number of aryl methyl sites for hydroxylation is 1. The fourth-order valence-corrected chi connectivity index (χ4v) is 5.00. The molecule has 8 nitrogen and oxygen atoms in total. The maximum atomic E-state index is 5.36. The minimum atomic E-state index is 0. The number of nitrogens with one attached hydrogen (secondary N) is 1. The number of rotatable bonds is 4. The molecule has 0 amide bonds. The van der Waals surface area contributed by atoms with Crippen LogP contribution in [0.2, 0.25) is 0 Å². The summed E-state index contributed by atoms with van der Waals surface area (Å²) in [7, 11) is 0. The van der Waals surface area contributed by atoms with E-state index in [9.17, 15) is 0 Å². The summed E-state index contributed by atoms with van der Waals surface area (Å²) in [5.41, 5.74) is 5.34. The van der Waals surface area contributed by atoms with Crippen molar-refractivity contribution < 1.29 is 6.16 Å². The van der Waals surface area contributed by atoms with Crippen LogP contribution in [0.5, 0.6) is 0 Å². The Morgan fingerprint density at radius 3 is 2.77 bits per heavy atom. The number of ether oxygens (including phenoxy) is 1. The molecule has 1 saturated carbocycles. The highest BCUT2D eigenvalue weighted by molar-refractivity contribution is 5.85. The predicted octanol–water partition coefficient (Wildman–Crippen LogP) is 3.87. The second-order valence-corrected chi connectivity index (χ2v) is 9.07. The van der Waals surface area contributed by atoms with Crippen LogP contribution >= 0.6 is 0 Å². The first kappa shape index (κ1) is 17.8. The number of hydrogen-bond acceptors (Lipinski definition) is 6. The van der Waals surface area contributed by atoms with Crippen LogP contribution in [0.1, 0.15) is 40.0 Å². The smallest absolute Gasteiger partial charge is 0.241 e. The van der Waals surface area contributed by atoms with Gasteiger partial charge in [-0.05, 0) is 45.7 Å². The second kappa shape index (κ2) is 6.25. The summed E-state index contributed by atoms with van der Waals surface area (Å²) in [4.78, 5) is 13.8. The third-order valence-corrected chi connectivity index (χ3v) is 6.48.